The summed E-state index contributed by atoms with van der Waals surface area (Å²) in [6.07, 6.45) is 1.13. The first kappa shape index (κ1) is 11.9. The molecule has 0 fully saturated rings. The van der Waals surface area contributed by atoms with Crippen LogP contribution in [0.4, 0.5) is 0 Å². The highest BCUT2D eigenvalue weighted by Gasteiger charge is 2.10. The van der Waals surface area contributed by atoms with Gasteiger partial charge in [0.1, 0.15) is 0 Å². The van der Waals surface area contributed by atoms with Gasteiger partial charge in [0.05, 0.1) is 6.61 Å². The molecule has 74 valence electrons. The van der Waals surface area contributed by atoms with E-state index in [1.54, 1.807) is 0 Å². The molecular weight excluding hydrogens is 154 g/mol. The van der Waals surface area contributed by atoms with E-state index < -0.39 is 0 Å². The third kappa shape index (κ3) is 7.98. The number of rotatable bonds is 5. The Morgan fingerprint density at radius 3 is 2.42 bits per heavy atom. The van der Waals surface area contributed by atoms with E-state index in [1.165, 1.54) is 0 Å². The first-order valence-corrected chi connectivity index (χ1v) is 4.45. The van der Waals surface area contributed by atoms with E-state index in [-0.39, 0.29) is 6.04 Å². The SMILES string of the molecule is CC(COO)NCCC(C)(C)C. The molecule has 0 saturated heterocycles. The molecule has 12 heavy (non-hydrogen) atoms. The molecule has 0 aliphatic rings. The number of nitrogens with one attached hydrogen (secondary N) is 1. The van der Waals surface area contributed by atoms with Crippen molar-refractivity contribution >= 4 is 0 Å². The summed E-state index contributed by atoms with van der Waals surface area (Å²) in [5, 5.41) is 11.4. The quantitative estimate of drug-likeness (QED) is 0.495. The highest BCUT2D eigenvalue weighted by atomic mass is 17.1. The van der Waals surface area contributed by atoms with Crippen LogP contribution >= 0.6 is 0 Å². The van der Waals surface area contributed by atoms with E-state index >= 15 is 0 Å². The molecule has 0 amide bonds. The lowest BCUT2D eigenvalue weighted by molar-refractivity contribution is -0.245. The van der Waals surface area contributed by atoms with Gasteiger partial charge < -0.3 is 5.32 Å². The van der Waals surface area contributed by atoms with Gasteiger partial charge in [-0.15, -0.1) is 0 Å². The van der Waals surface area contributed by atoms with Crippen LogP contribution in [-0.4, -0.2) is 24.5 Å². The molecule has 0 aliphatic carbocycles. The fourth-order valence-electron chi connectivity index (χ4n) is 0.864. The van der Waals surface area contributed by atoms with Crippen LogP contribution in [0.25, 0.3) is 0 Å². The van der Waals surface area contributed by atoms with E-state index in [2.05, 4.69) is 31.0 Å². The fourth-order valence-corrected chi connectivity index (χ4v) is 0.864. The Labute approximate surface area is 75.0 Å². The van der Waals surface area contributed by atoms with Crippen molar-refractivity contribution in [1.82, 2.24) is 5.32 Å². The van der Waals surface area contributed by atoms with Gasteiger partial charge >= 0.3 is 0 Å². The van der Waals surface area contributed by atoms with E-state index in [4.69, 9.17) is 5.26 Å². The van der Waals surface area contributed by atoms with Gasteiger partial charge in [0, 0.05) is 6.04 Å². The average Bonchev–Trinajstić information content (AvgIpc) is 1.84. The van der Waals surface area contributed by atoms with Crippen molar-refractivity contribution < 1.29 is 10.1 Å². The van der Waals surface area contributed by atoms with Crippen molar-refractivity contribution in [2.75, 3.05) is 13.2 Å². The molecule has 0 bridgehead atoms. The molecule has 1 unspecified atom stereocenters. The largest absolute Gasteiger partial charge is 0.312 e. The van der Waals surface area contributed by atoms with Gasteiger partial charge in [-0.3, -0.25) is 5.26 Å². The summed E-state index contributed by atoms with van der Waals surface area (Å²) >= 11 is 0. The molecule has 0 saturated carbocycles. The van der Waals surface area contributed by atoms with Gasteiger partial charge in [0.15, 0.2) is 0 Å². The van der Waals surface area contributed by atoms with Gasteiger partial charge in [0.25, 0.3) is 0 Å². The molecule has 1 atom stereocenters. The monoisotopic (exact) mass is 175 g/mol. The first-order valence-electron chi connectivity index (χ1n) is 4.45. The van der Waals surface area contributed by atoms with Crippen LogP contribution in [0.15, 0.2) is 0 Å². The Hall–Kier alpha value is -0.120. The Kier molecular flexibility index (Phi) is 5.46. The number of hydrogen-bond donors (Lipinski definition) is 2. The molecule has 3 nitrogen and oxygen atoms in total. The predicted octanol–water partition coefficient (Wildman–Crippen LogP) is 1.89. The van der Waals surface area contributed by atoms with Crippen LogP contribution in [0.3, 0.4) is 0 Å². The van der Waals surface area contributed by atoms with Gasteiger partial charge in [-0.05, 0) is 25.3 Å². The molecule has 2 N–H and O–H groups in total. The normalized spacial score (nSPS) is 14.8. The molecular formula is C9H21NO2. The van der Waals surface area contributed by atoms with Gasteiger partial charge in [-0.2, -0.15) is 0 Å². The minimum absolute atomic E-state index is 0.220. The molecule has 0 aromatic carbocycles. The summed E-state index contributed by atoms with van der Waals surface area (Å²) in [5.74, 6) is 0. The van der Waals surface area contributed by atoms with Gasteiger partial charge in [-0.25, -0.2) is 4.89 Å². The van der Waals surface area contributed by atoms with Crippen molar-refractivity contribution in [3.05, 3.63) is 0 Å². The zero-order valence-electron chi connectivity index (χ0n) is 8.55. The summed E-state index contributed by atoms with van der Waals surface area (Å²) in [6.45, 7) is 9.93. The molecule has 0 heterocycles. The Morgan fingerprint density at radius 1 is 1.42 bits per heavy atom. The zero-order valence-corrected chi connectivity index (χ0v) is 8.55. The minimum Gasteiger partial charge on any atom is -0.312 e. The zero-order chi connectivity index (χ0) is 9.61. The van der Waals surface area contributed by atoms with Crippen LogP contribution in [0.2, 0.25) is 0 Å². The van der Waals surface area contributed by atoms with Crippen molar-refractivity contribution in [1.29, 1.82) is 0 Å². The fraction of sp³-hybridized carbons (Fsp3) is 1.00. The molecule has 0 spiro atoms. The average molecular weight is 175 g/mol. The van der Waals surface area contributed by atoms with Crippen LogP contribution in [0, 0.1) is 5.41 Å². The third-order valence-electron chi connectivity index (χ3n) is 1.69. The lowest BCUT2D eigenvalue weighted by atomic mass is 9.92. The highest BCUT2D eigenvalue weighted by Crippen LogP contribution is 2.16. The second-order valence-corrected chi connectivity index (χ2v) is 4.46. The summed E-state index contributed by atoms with van der Waals surface area (Å²) in [7, 11) is 0. The smallest absolute Gasteiger partial charge is 0.0970 e. The molecule has 0 aliphatic heterocycles. The Bertz CT molecular complexity index is 110. The van der Waals surface area contributed by atoms with E-state index in [1.807, 2.05) is 6.92 Å². The molecule has 0 aromatic heterocycles. The number of hydrogen-bond acceptors (Lipinski definition) is 3. The lowest BCUT2D eigenvalue weighted by Gasteiger charge is -2.19. The minimum atomic E-state index is 0.220. The van der Waals surface area contributed by atoms with Crippen LogP contribution in [0.1, 0.15) is 34.1 Å². The van der Waals surface area contributed by atoms with Crippen LogP contribution in [0.5, 0.6) is 0 Å². The van der Waals surface area contributed by atoms with Gasteiger partial charge in [0.2, 0.25) is 0 Å². The maximum absolute atomic E-state index is 8.16. The van der Waals surface area contributed by atoms with Gasteiger partial charge in [-0.1, -0.05) is 20.8 Å². The van der Waals surface area contributed by atoms with E-state index in [0.717, 1.165) is 13.0 Å². The Balaban J connectivity index is 3.31. The van der Waals surface area contributed by atoms with E-state index in [0.29, 0.717) is 12.0 Å². The van der Waals surface area contributed by atoms with Crippen LogP contribution < -0.4 is 5.32 Å². The Morgan fingerprint density at radius 2 is 2.00 bits per heavy atom. The summed E-state index contributed by atoms with van der Waals surface area (Å²) < 4.78 is 0. The summed E-state index contributed by atoms with van der Waals surface area (Å²) in [5.41, 5.74) is 0.368. The second kappa shape index (κ2) is 5.51. The lowest BCUT2D eigenvalue weighted by Crippen LogP contribution is -2.32. The van der Waals surface area contributed by atoms with Crippen molar-refractivity contribution in [2.24, 2.45) is 5.41 Å². The molecule has 3 heteroatoms. The summed E-state index contributed by atoms with van der Waals surface area (Å²) in [4.78, 5) is 4.02. The molecule has 0 rings (SSSR count). The molecule has 0 radical (unpaired) electrons. The van der Waals surface area contributed by atoms with Crippen LogP contribution in [-0.2, 0) is 4.89 Å². The van der Waals surface area contributed by atoms with Crippen molar-refractivity contribution in [3.8, 4) is 0 Å². The maximum Gasteiger partial charge on any atom is 0.0970 e. The van der Waals surface area contributed by atoms with Crippen molar-refractivity contribution in [3.63, 3.8) is 0 Å². The second-order valence-electron chi connectivity index (χ2n) is 4.46. The van der Waals surface area contributed by atoms with E-state index in [9.17, 15) is 0 Å². The standard InChI is InChI=1S/C9H21NO2/c1-8(7-12-11)10-6-5-9(2,3)4/h8,10-11H,5-7H2,1-4H3. The predicted molar refractivity (Wildman–Crippen MR) is 50.1 cm³/mol. The third-order valence-corrected chi connectivity index (χ3v) is 1.69. The maximum atomic E-state index is 8.16. The summed E-state index contributed by atoms with van der Waals surface area (Å²) in [6, 6.07) is 0.220. The topological polar surface area (TPSA) is 41.5 Å². The highest BCUT2D eigenvalue weighted by molar-refractivity contribution is 4.65. The van der Waals surface area contributed by atoms with Crippen molar-refractivity contribution in [2.45, 2.75) is 40.2 Å². The molecule has 0 aromatic rings. The first-order chi connectivity index (χ1) is 5.45.